The largest absolute Gasteiger partial charge is 0.310 e. The molecule has 0 radical (unpaired) electrons. The van der Waals surface area contributed by atoms with E-state index in [2.05, 4.69) is 24.1 Å². The first-order valence-corrected chi connectivity index (χ1v) is 7.83. The minimum Gasteiger partial charge on any atom is -0.310 e. The first kappa shape index (κ1) is 16.5. The van der Waals surface area contributed by atoms with Crippen LogP contribution in [0.15, 0.2) is 23.1 Å². The molecule has 0 aliphatic carbocycles. The lowest BCUT2D eigenvalue weighted by Gasteiger charge is -2.15. The molecule has 1 unspecified atom stereocenters. The predicted molar refractivity (Wildman–Crippen MR) is 82.4 cm³/mol. The zero-order chi connectivity index (χ0) is 14.3. The summed E-state index contributed by atoms with van der Waals surface area (Å²) in [6, 6.07) is 5.78. The molecule has 0 aliphatic heterocycles. The third-order valence-corrected chi connectivity index (χ3v) is 3.98. The van der Waals surface area contributed by atoms with Crippen molar-refractivity contribution >= 4 is 11.8 Å². The Bertz CT molecular complexity index is 382. The van der Waals surface area contributed by atoms with Gasteiger partial charge in [0.05, 0.1) is 0 Å². The molecule has 19 heavy (non-hydrogen) atoms. The molecule has 2 nitrogen and oxygen atoms in total. The molecule has 1 atom stereocenters. The summed E-state index contributed by atoms with van der Waals surface area (Å²) in [6.07, 6.45) is 1.09. The van der Waals surface area contributed by atoms with Crippen LogP contribution in [0.3, 0.4) is 0 Å². The summed E-state index contributed by atoms with van der Waals surface area (Å²) in [5.41, 5.74) is 1.02. The van der Waals surface area contributed by atoms with Gasteiger partial charge in [-0.3, -0.25) is 0 Å². The molecular formula is C15H25FN2S. The van der Waals surface area contributed by atoms with Crippen molar-refractivity contribution in [1.82, 2.24) is 10.2 Å². The molecule has 0 spiro atoms. The second-order valence-electron chi connectivity index (χ2n) is 5.02. The van der Waals surface area contributed by atoms with Crippen LogP contribution < -0.4 is 5.32 Å². The van der Waals surface area contributed by atoms with E-state index in [1.807, 2.05) is 26.2 Å². The molecule has 0 fully saturated rings. The van der Waals surface area contributed by atoms with Gasteiger partial charge in [-0.1, -0.05) is 13.0 Å². The Morgan fingerprint density at radius 2 is 2.11 bits per heavy atom. The van der Waals surface area contributed by atoms with Crippen molar-refractivity contribution in [2.24, 2.45) is 0 Å². The number of thioether (sulfide) groups is 1. The molecule has 108 valence electrons. The van der Waals surface area contributed by atoms with E-state index < -0.39 is 0 Å². The van der Waals surface area contributed by atoms with Gasteiger partial charge in [0.25, 0.3) is 0 Å². The first-order chi connectivity index (χ1) is 9.04. The van der Waals surface area contributed by atoms with E-state index in [1.54, 1.807) is 17.8 Å². The smallest absolute Gasteiger partial charge is 0.137 e. The van der Waals surface area contributed by atoms with E-state index in [0.29, 0.717) is 0 Å². The Hall–Kier alpha value is -0.580. The number of nitrogens with zero attached hydrogens (tertiary/aromatic N) is 1. The minimum atomic E-state index is -0.105. The van der Waals surface area contributed by atoms with Crippen LogP contribution in [0, 0.1) is 5.82 Å². The number of rotatable bonds is 8. The number of halogens is 1. The summed E-state index contributed by atoms with van der Waals surface area (Å²) in [5, 5.41) is 3.37. The van der Waals surface area contributed by atoms with Gasteiger partial charge in [0, 0.05) is 23.2 Å². The van der Waals surface area contributed by atoms with Crippen LogP contribution in [-0.4, -0.2) is 37.8 Å². The number of hydrogen-bond acceptors (Lipinski definition) is 3. The molecule has 0 saturated carbocycles. The van der Waals surface area contributed by atoms with Crippen molar-refractivity contribution in [3.05, 3.63) is 29.6 Å². The Kier molecular flexibility index (Phi) is 7.42. The summed E-state index contributed by atoms with van der Waals surface area (Å²) >= 11 is 1.58. The maximum Gasteiger partial charge on any atom is 0.137 e. The van der Waals surface area contributed by atoms with E-state index in [4.69, 9.17) is 0 Å². The van der Waals surface area contributed by atoms with Crippen molar-refractivity contribution in [1.29, 1.82) is 0 Å². The molecule has 0 aliphatic rings. The maximum absolute atomic E-state index is 14.0. The van der Waals surface area contributed by atoms with Gasteiger partial charge in [0.15, 0.2) is 0 Å². The number of hydrogen-bond donors (Lipinski definition) is 1. The first-order valence-electron chi connectivity index (χ1n) is 6.85. The lowest BCUT2D eigenvalue weighted by atomic mass is 10.1. The second-order valence-corrected chi connectivity index (χ2v) is 6.15. The van der Waals surface area contributed by atoms with Gasteiger partial charge in [-0.25, -0.2) is 4.39 Å². The van der Waals surface area contributed by atoms with Crippen LogP contribution >= 0.6 is 11.8 Å². The monoisotopic (exact) mass is 284 g/mol. The Morgan fingerprint density at radius 1 is 1.37 bits per heavy atom. The van der Waals surface area contributed by atoms with Crippen LogP contribution in [0.2, 0.25) is 0 Å². The van der Waals surface area contributed by atoms with Gasteiger partial charge < -0.3 is 10.2 Å². The summed E-state index contributed by atoms with van der Waals surface area (Å²) in [7, 11) is 4.06. The second kappa shape index (κ2) is 8.56. The summed E-state index contributed by atoms with van der Waals surface area (Å²) in [6.45, 7) is 6.12. The highest BCUT2D eigenvalue weighted by molar-refractivity contribution is 7.99. The molecular weight excluding hydrogens is 259 g/mol. The standard InChI is InChI=1S/C15H25FN2S/c1-5-8-17-12(2)13-6-7-15(14(16)11-13)19-10-9-18(3)4/h6-7,11-12,17H,5,8-10H2,1-4H3. The van der Waals surface area contributed by atoms with E-state index in [1.165, 1.54) is 0 Å². The Balaban J connectivity index is 2.58. The molecule has 1 aromatic carbocycles. The molecule has 0 bridgehead atoms. The van der Waals surface area contributed by atoms with Gasteiger partial charge in [-0.15, -0.1) is 11.8 Å². The third-order valence-electron chi connectivity index (χ3n) is 2.95. The van der Waals surface area contributed by atoms with Gasteiger partial charge in [0.2, 0.25) is 0 Å². The van der Waals surface area contributed by atoms with Crippen molar-refractivity contribution in [2.45, 2.75) is 31.2 Å². The molecule has 0 aromatic heterocycles. The fraction of sp³-hybridized carbons (Fsp3) is 0.600. The molecule has 1 N–H and O–H groups in total. The van der Waals surface area contributed by atoms with E-state index in [9.17, 15) is 4.39 Å². The van der Waals surface area contributed by atoms with Crippen molar-refractivity contribution in [2.75, 3.05) is 32.9 Å². The van der Waals surface area contributed by atoms with Crippen LogP contribution in [0.1, 0.15) is 31.9 Å². The normalized spacial score (nSPS) is 12.9. The lowest BCUT2D eigenvalue weighted by molar-refractivity contribution is 0.437. The zero-order valence-corrected chi connectivity index (χ0v) is 13.2. The Morgan fingerprint density at radius 3 is 2.68 bits per heavy atom. The molecule has 1 aromatic rings. The predicted octanol–water partition coefficient (Wildman–Crippen LogP) is 3.54. The van der Waals surface area contributed by atoms with Crippen LogP contribution in [-0.2, 0) is 0 Å². The number of nitrogens with one attached hydrogen (secondary N) is 1. The highest BCUT2D eigenvalue weighted by Crippen LogP contribution is 2.24. The number of benzene rings is 1. The molecule has 4 heteroatoms. The quantitative estimate of drug-likeness (QED) is 0.735. The van der Waals surface area contributed by atoms with Crippen LogP contribution in [0.25, 0.3) is 0 Å². The van der Waals surface area contributed by atoms with E-state index >= 15 is 0 Å². The van der Waals surface area contributed by atoms with Gasteiger partial charge in [-0.05, 0) is 51.7 Å². The van der Waals surface area contributed by atoms with Gasteiger partial charge in [-0.2, -0.15) is 0 Å². The van der Waals surface area contributed by atoms with Crippen molar-refractivity contribution < 1.29 is 4.39 Å². The van der Waals surface area contributed by atoms with Crippen molar-refractivity contribution in [3.8, 4) is 0 Å². The Labute approximate surface area is 120 Å². The topological polar surface area (TPSA) is 15.3 Å². The fourth-order valence-corrected chi connectivity index (χ4v) is 2.76. The molecule has 0 saturated heterocycles. The van der Waals surface area contributed by atoms with E-state index in [-0.39, 0.29) is 11.9 Å². The molecule has 0 heterocycles. The highest BCUT2D eigenvalue weighted by Gasteiger charge is 2.09. The van der Waals surface area contributed by atoms with Gasteiger partial charge in [0.1, 0.15) is 5.82 Å². The third kappa shape index (κ3) is 5.93. The molecule has 1 rings (SSSR count). The average Bonchev–Trinajstić information content (AvgIpc) is 2.37. The zero-order valence-electron chi connectivity index (χ0n) is 12.4. The highest BCUT2D eigenvalue weighted by atomic mass is 32.2. The van der Waals surface area contributed by atoms with Crippen LogP contribution in [0.4, 0.5) is 4.39 Å². The van der Waals surface area contributed by atoms with Crippen molar-refractivity contribution in [3.63, 3.8) is 0 Å². The fourth-order valence-electron chi connectivity index (χ4n) is 1.72. The average molecular weight is 284 g/mol. The SMILES string of the molecule is CCCNC(C)c1ccc(SCCN(C)C)c(F)c1. The lowest BCUT2D eigenvalue weighted by Crippen LogP contribution is -2.19. The summed E-state index contributed by atoms with van der Waals surface area (Å²) in [4.78, 5) is 2.85. The van der Waals surface area contributed by atoms with Gasteiger partial charge >= 0.3 is 0 Å². The minimum absolute atomic E-state index is 0.105. The van der Waals surface area contributed by atoms with Crippen LogP contribution in [0.5, 0.6) is 0 Å². The summed E-state index contributed by atoms with van der Waals surface area (Å²) < 4.78 is 14.0. The van der Waals surface area contributed by atoms with E-state index in [0.717, 1.165) is 35.7 Å². The maximum atomic E-state index is 14.0. The molecule has 0 amide bonds. The summed E-state index contributed by atoms with van der Waals surface area (Å²) in [5.74, 6) is 0.804.